The Labute approximate surface area is 110 Å². The molecule has 0 saturated carbocycles. The third-order valence-corrected chi connectivity index (χ3v) is 3.69. The number of hydrogen-bond acceptors (Lipinski definition) is 3. The number of benzene rings is 1. The minimum atomic E-state index is 0.0363. The Morgan fingerprint density at radius 2 is 2.29 bits per heavy atom. The van der Waals surface area contributed by atoms with Crippen molar-refractivity contribution < 1.29 is 4.79 Å². The lowest BCUT2D eigenvalue weighted by molar-refractivity contribution is -0.120. The third kappa shape index (κ3) is 3.48. The maximum atomic E-state index is 11.3. The molecule has 0 spiro atoms. The molecule has 0 radical (unpaired) electrons. The van der Waals surface area contributed by atoms with Crippen LogP contribution in [0.2, 0.25) is 5.02 Å². The van der Waals surface area contributed by atoms with Crippen molar-refractivity contribution in [1.82, 2.24) is 5.32 Å². The third-order valence-electron chi connectivity index (χ3n) is 2.39. The maximum Gasteiger partial charge on any atom is 0.228 e. The number of amides is 1. The first-order valence-electron chi connectivity index (χ1n) is 5.39. The minimum Gasteiger partial charge on any atom is -0.305 e. The molecule has 3 nitrogen and oxygen atoms in total. The zero-order valence-corrected chi connectivity index (χ0v) is 11.0. The highest BCUT2D eigenvalue weighted by molar-refractivity contribution is 8.13. The number of halogens is 1. The molecule has 2 rings (SSSR count). The van der Waals surface area contributed by atoms with Gasteiger partial charge in [-0.1, -0.05) is 41.6 Å². The molecule has 1 unspecified atom stereocenters. The van der Waals surface area contributed by atoms with Crippen molar-refractivity contribution in [3.63, 3.8) is 0 Å². The van der Waals surface area contributed by atoms with E-state index in [4.69, 9.17) is 11.6 Å². The van der Waals surface area contributed by atoms with Gasteiger partial charge in [-0.15, -0.1) is 0 Å². The molecule has 1 aromatic rings. The summed E-state index contributed by atoms with van der Waals surface area (Å²) in [6, 6.07) is 7.76. The lowest BCUT2D eigenvalue weighted by atomic mass is 10.2. The molecule has 0 fully saturated rings. The monoisotopic (exact) mass is 268 g/mol. The minimum absolute atomic E-state index is 0.0363. The Hall–Kier alpha value is -1.00. The Balaban J connectivity index is 1.99. The van der Waals surface area contributed by atoms with Crippen LogP contribution in [0, 0.1) is 0 Å². The summed E-state index contributed by atoms with van der Waals surface area (Å²) in [4.78, 5) is 15.7. The predicted molar refractivity (Wildman–Crippen MR) is 72.4 cm³/mol. The number of hydrogen-bond donors (Lipinski definition) is 1. The van der Waals surface area contributed by atoms with Gasteiger partial charge in [-0.2, -0.15) is 0 Å². The number of nitrogens with one attached hydrogen (secondary N) is 1. The first kappa shape index (κ1) is 12.5. The molecular formula is C12H13ClN2OS. The molecule has 0 bridgehead atoms. The van der Waals surface area contributed by atoms with Gasteiger partial charge in [0.1, 0.15) is 0 Å². The Bertz CT molecular complexity index is 462. The molecule has 1 aliphatic rings. The van der Waals surface area contributed by atoms with Gasteiger partial charge in [0.05, 0.1) is 6.04 Å². The SMILES string of the molecule is CC1CC(=O)NC(SCc2ccccc2Cl)=N1. The molecule has 1 amide bonds. The standard InChI is InChI=1S/C12H13ClN2OS/c1-8-6-11(16)15-12(14-8)17-7-9-4-2-3-5-10(9)13/h2-5,8H,6-7H2,1H3,(H,14,15,16). The van der Waals surface area contributed by atoms with Crippen molar-refractivity contribution >= 4 is 34.4 Å². The molecule has 90 valence electrons. The Morgan fingerprint density at radius 1 is 1.53 bits per heavy atom. The van der Waals surface area contributed by atoms with E-state index in [1.54, 1.807) is 0 Å². The van der Waals surface area contributed by atoms with Crippen molar-refractivity contribution in [3.05, 3.63) is 34.9 Å². The van der Waals surface area contributed by atoms with Crippen LogP contribution in [0.15, 0.2) is 29.3 Å². The van der Waals surface area contributed by atoms with Crippen molar-refractivity contribution in [2.75, 3.05) is 0 Å². The highest BCUT2D eigenvalue weighted by atomic mass is 35.5. The van der Waals surface area contributed by atoms with E-state index in [-0.39, 0.29) is 11.9 Å². The average Bonchev–Trinajstić information content (AvgIpc) is 2.27. The zero-order valence-electron chi connectivity index (χ0n) is 9.44. The summed E-state index contributed by atoms with van der Waals surface area (Å²) >= 11 is 7.56. The van der Waals surface area contributed by atoms with Crippen molar-refractivity contribution in [2.45, 2.75) is 25.1 Å². The quantitative estimate of drug-likeness (QED) is 0.896. The van der Waals surface area contributed by atoms with Crippen LogP contribution in [0.5, 0.6) is 0 Å². The second-order valence-corrected chi connectivity index (χ2v) is 5.29. The van der Waals surface area contributed by atoms with Crippen molar-refractivity contribution in [1.29, 1.82) is 0 Å². The van der Waals surface area contributed by atoms with Crippen LogP contribution >= 0.6 is 23.4 Å². The molecule has 5 heteroatoms. The largest absolute Gasteiger partial charge is 0.305 e. The molecule has 1 atom stereocenters. The summed E-state index contributed by atoms with van der Waals surface area (Å²) in [6.45, 7) is 1.94. The van der Waals surface area contributed by atoms with Gasteiger partial charge in [-0.05, 0) is 18.6 Å². The molecule has 0 saturated heterocycles. The van der Waals surface area contributed by atoms with E-state index < -0.39 is 0 Å². The molecule has 1 heterocycles. The van der Waals surface area contributed by atoms with Crippen LogP contribution < -0.4 is 5.32 Å². The molecule has 17 heavy (non-hydrogen) atoms. The first-order chi connectivity index (χ1) is 8.15. The summed E-state index contributed by atoms with van der Waals surface area (Å²) in [7, 11) is 0. The van der Waals surface area contributed by atoms with Crippen LogP contribution in [-0.2, 0) is 10.5 Å². The van der Waals surface area contributed by atoms with Crippen LogP contribution in [0.4, 0.5) is 0 Å². The summed E-state index contributed by atoms with van der Waals surface area (Å²) in [5, 5.41) is 4.20. The first-order valence-corrected chi connectivity index (χ1v) is 6.75. The van der Waals surface area contributed by atoms with Crippen LogP contribution in [0.1, 0.15) is 18.9 Å². The van der Waals surface area contributed by atoms with E-state index in [0.29, 0.717) is 17.3 Å². The fourth-order valence-electron chi connectivity index (χ4n) is 1.55. The molecule has 1 aliphatic heterocycles. The van der Waals surface area contributed by atoms with E-state index in [1.807, 2.05) is 31.2 Å². The zero-order chi connectivity index (χ0) is 12.3. The van der Waals surface area contributed by atoms with Gasteiger partial charge in [-0.25, -0.2) is 0 Å². The van der Waals surface area contributed by atoms with E-state index >= 15 is 0 Å². The second kappa shape index (κ2) is 5.56. The lowest BCUT2D eigenvalue weighted by Gasteiger charge is -2.17. The highest BCUT2D eigenvalue weighted by Crippen LogP contribution is 2.22. The summed E-state index contributed by atoms with van der Waals surface area (Å²) in [5.74, 6) is 0.750. The van der Waals surface area contributed by atoms with Crippen molar-refractivity contribution in [3.8, 4) is 0 Å². The normalized spacial score (nSPS) is 19.8. The van der Waals surface area contributed by atoms with Gasteiger partial charge in [0.25, 0.3) is 0 Å². The molecular weight excluding hydrogens is 256 g/mol. The summed E-state index contributed by atoms with van der Waals surface area (Å²) in [6.07, 6.45) is 0.468. The van der Waals surface area contributed by atoms with Gasteiger partial charge in [0.2, 0.25) is 5.91 Å². The van der Waals surface area contributed by atoms with E-state index in [2.05, 4.69) is 10.3 Å². The van der Waals surface area contributed by atoms with E-state index in [9.17, 15) is 4.79 Å². The Kier molecular flexibility index (Phi) is 4.07. The lowest BCUT2D eigenvalue weighted by Crippen LogP contribution is -2.35. The Morgan fingerprint density at radius 3 is 3.00 bits per heavy atom. The smallest absolute Gasteiger partial charge is 0.228 e. The van der Waals surface area contributed by atoms with Crippen LogP contribution in [0.3, 0.4) is 0 Å². The fraction of sp³-hybridized carbons (Fsp3) is 0.333. The molecule has 1 aromatic carbocycles. The molecule has 0 aliphatic carbocycles. The number of nitrogens with zero attached hydrogens (tertiary/aromatic N) is 1. The van der Waals surface area contributed by atoms with Gasteiger partial charge in [-0.3, -0.25) is 9.79 Å². The number of amidine groups is 1. The van der Waals surface area contributed by atoms with Gasteiger partial charge < -0.3 is 5.32 Å². The second-order valence-electron chi connectivity index (χ2n) is 3.92. The topological polar surface area (TPSA) is 41.5 Å². The van der Waals surface area contributed by atoms with Gasteiger partial charge >= 0.3 is 0 Å². The van der Waals surface area contributed by atoms with Crippen molar-refractivity contribution in [2.24, 2.45) is 4.99 Å². The molecule has 1 N–H and O–H groups in total. The van der Waals surface area contributed by atoms with Gasteiger partial charge in [0.15, 0.2) is 5.17 Å². The highest BCUT2D eigenvalue weighted by Gasteiger charge is 2.17. The van der Waals surface area contributed by atoms with E-state index in [0.717, 1.165) is 10.6 Å². The maximum absolute atomic E-state index is 11.3. The number of thioether (sulfide) groups is 1. The number of carbonyl (C=O) groups excluding carboxylic acids is 1. The summed E-state index contributed by atoms with van der Waals surface area (Å²) in [5.41, 5.74) is 1.05. The molecule has 0 aromatic heterocycles. The predicted octanol–water partition coefficient (Wildman–Crippen LogP) is 2.84. The number of aliphatic imine (C=N–C) groups is 1. The van der Waals surface area contributed by atoms with Gasteiger partial charge in [0, 0.05) is 17.2 Å². The fourth-order valence-corrected chi connectivity index (χ4v) is 2.82. The summed E-state index contributed by atoms with van der Waals surface area (Å²) < 4.78 is 0. The van der Waals surface area contributed by atoms with Crippen LogP contribution in [-0.4, -0.2) is 17.1 Å². The number of rotatable bonds is 2. The van der Waals surface area contributed by atoms with Crippen LogP contribution in [0.25, 0.3) is 0 Å². The van der Waals surface area contributed by atoms with E-state index in [1.165, 1.54) is 11.8 Å². The average molecular weight is 269 g/mol. The number of carbonyl (C=O) groups is 1.